The lowest BCUT2D eigenvalue weighted by atomic mass is 10.2. The van der Waals surface area contributed by atoms with Crippen LogP contribution in [0.5, 0.6) is 0 Å². The molecule has 0 aliphatic carbocycles. The average molecular weight is 234 g/mol. The molecule has 0 spiro atoms. The maximum atomic E-state index is 11.6. The molecule has 82 valence electrons. The van der Waals surface area contributed by atoms with Crippen molar-refractivity contribution >= 4 is 23.2 Å². The molecule has 4 nitrogen and oxygen atoms in total. The van der Waals surface area contributed by atoms with Gasteiger partial charge in [-0.25, -0.2) is 0 Å². The molecule has 0 atom stereocenters. The summed E-state index contributed by atoms with van der Waals surface area (Å²) in [6, 6.07) is 4.76. The molecule has 2 heterocycles. The Labute approximate surface area is 97.8 Å². The Bertz CT molecular complexity index is 519. The number of rotatable bonds is 0. The number of hydrogen-bond acceptors (Lipinski definition) is 3. The lowest BCUT2D eigenvalue weighted by molar-refractivity contribution is -0.122. The number of carbonyl (C=O) groups excluding carboxylic acids is 1. The smallest absolute Gasteiger partial charge is 0.256 e. The summed E-state index contributed by atoms with van der Waals surface area (Å²) in [6.45, 7) is 0.523. The quantitative estimate of drug-likeness (QED) is 0.623. The van der Waals surface area contributed by atoms with E-state index in [1.165, 1.54) is 21.6 Å². The second kappa shape index (κ2) is 4.40. The van der Waals surface area contributed by atoms with Crippen molar-refractivity contribution in [3.8, 4) is 0 Å². The summed E-state index contributed by atoms with van der Waals surface area (Å²) in [5.74, 6) is -0.174. The molecule has 2 rings (SSSR count). The van der Waals surface area contributed by atoms with Crippen molar-refractivity contribution < 1.29 is 4.79 Å². The van der Waals surface area contributed by atoms with Crippen LogP contribution in [0.1, 0.15) is 6.42 Å². The van der Waals surface area contributed by atoms with Gasteiger partial charge in [0.2, 0.25) is 0 Å². The van der Waals surface area contributed by atoms with Crippen LogP contribution in [0.3, 0.4) is 0 Å². The number of thiocarbonyl (C=S) groups is 1. The second-order valence-corrected chi connectivity index (χ2v) is 3.74. The SMILES string of the molecule is O=C1C=CCCN1C(=S)n1ccccc1=O. The summed E-state index contributed by atoms with van der Waals surface area (Å²) < 4.78 is 1.30. The van der Waals surface area contributed by atoms with Gasteiger partial charge < -0.3 is 0 Å². The lowest BCUT2D eigenvalue weighted by Gasteiger charge is -2.24. The maximum absolute atomic E-state index is 11.6. The van der Waals surface area contributed by atoms with Gasteiger partial charge in [-0.2, -0.15) is 0 Å². The minimum Gasteiger partial charge on any atom is -0.285 e. The maximum Gasteiger partial charge on any atom is 0.256 e. The highest BCUT2D eigenvalue weighted by molar-refractivity contribution is 7.80. The molecule has 1 aromatic heterocycles. The first kappa shape index (κ1) is 10.8. The largest absolute Gasteiger partial charge is 0.285 e. The molecule has 1 aliphatic heterocycles. The molecular formula is C11H10N2O2S. The highest BCUT2D eigenvalue weighted by Crippen LogP contribution is 2.05. The van der Waals surface area contributed by atoms with Crippen molar-refractivity contribution in [2.45, 2.75) is 6.42 Å². The summed E-state index contributed by atoms with van der Waals surface area (Å²) in [4.78, 5) is 24.5. The van der Waals surface area contributed by atoms with Crippen LogP contribution in [0.15, 0.2) is 41.3 Å². The van der Waals surface area contributed by atoms with Crippen molar-refractivity contribution in [1.82, 2.24) is 9.47 Å². The van der Waals surface area contributed by atoms with Gasteiger partial charge >= 0.3 is 0 Å². The van der Waals surface area contributed by atoms with Gasteiger partial charge in [0.15, 0.2) is 5.11 Å². The third-order valence-corrected chi connectivity index (χ3v) is 2.72. The van der Waals surface area contributed by atoms with Gasteiger partial charge in [0.1, 0.15) is 0 Å². The first-order valence-electron chi connectivity index (χ1n) is 4.90. The molecule has 0 bridgehead atoms. The normalized spacial score (nSPS) is 15.2. The van der Waals surface area contributed by atoms with Gasteiger partial charge in [0, 0.05) is 18.8 Å². The summed E-state index contributed by atoms with van der Waals surface area (Å²) in [5, 5.41) is 0.236. The van der Waals surface area contributed by atoms with Gasteiger partial charge in [0.25, 0.3) is 11.5 Å². The fourth-order valence-electron chi connectivity index (χ4n) is 1.49. The fraction of sp³-hybridized carbons (Fsp3) is 0.182. The van der Waals surface area contributed by atoms with Crippen molar-refractivity contribution in [2.24, 2.45) is 0 Å². The van der Waals surface area contributed by atoms with Crippen LogP contribution in [0.2, 0.25) is 0 Å². The summed E-state index contributed by atoms with van der Waals surface area (Å²) in [7, 11) is 0. The van der Waals surface area contributed by atoms with E-state index in [-0.39, 0.29) is 16.6 Å². The van der Waals surface area contributed by atoms with E-state index < -0.39 is 0 Å². The molecular weight excluding hydrogens is 224 g/mol. The molecule has 1 amide bonds. The molecule has 0 fully saturated rings. The highest BCUT2D eigenvalue weighted by atomic mass is 32.1. The zero-order valence-electron chi connectivity index (χ0n) is 8.50. The predicted octanol–water partition coefficient (Wildman–Crippen LogP) is 0.770. The van der Waals surface area contributed by atoms with E-state index in [4.69, 9.17) is 12.2 Å². The van der Waals surface area contributed by atoms with E-state index in [1.807, 2.05) is 0 Å². The number of nitrogens with zero attached hydrogens (tertiary/aromatic N) is 2. The van der Waals surface area contributed by atoms with Crippen LogP contribution in [-0.4, -0.2) is 27.0 Å². The van der Waals surface area contributed by atoms with E-state index in [1.54, 1.807) is 24.4 Å². The third-order valence-electron chi connectivity index (χ3n) is 2.31. The first-order valence-corrected chi connectivity index (χ1v) is 5.31. The minimum absolute atomic E-state index is 0.174. The average Bonchev–Trinajstić information content (AvgIpc) is 2.29. The van der Waals surface area contributed by atoms with Crippen LogP contribution in [-0.2, 0) is 4.79 Å². The molecule has 16 heavy (non-hydrogen) atoms. The number of pyridine rings is 1. The number of amides is 1. The van der Waals surface area contributed by atoms with E-state index in [2.05, 4.69) is 0 Å². The molecule has 0 unspecified atom stereocenters. The summed E-state index contributed by atoms with van der Waals surface area (Å²) in [5.41, 5.74) is -0.227. The zero-order chi connectivity index (χ0) is 11.5. The van der Waals surface area contributed by atoms with Crippen LogP contribution in [0.4, 0.5) is 0 Å². The summed E-state index contributed by atoms with van der Waals surface area (Å²) >= 11 is 5.14. The van der Waals surface area contributed by atoms with Crippen molar-refractivity contribution in [3.63, 3.8) is 0 Å². The van der Waals surface area contributed by atoms with Crippen molar-refractivity contribution in [2.75, 3.05) is 6.54 Å². The van der Waals surface area contributed by atoms with Gasteiger partial charge in [0.05, 0.1) is 0 Å². The van der Waals surface area contributed by atoms with Crippen LogP contribution >= 0.6 is 12.2 Å². The fourth-order valence-corrected chi connectivity index (χ4v) is 1.83. The van der Waals surface area contributed by atoms with Crippen LogP contribution < -0.4 is 5.56 Å². The van der Waals surface area contributed by atoms with Gasteiger partial charge in [-0.3, -0.25) is 19.1 Å². The molecule has 0 radical (unpaired) electrons. The molecule has 0 aromatic carbocycles. The number of aromatic nitrogens is 1. The van der Waals surface area contributed by atoms with Gasteiger partial charge in [-0.05, 0) is 30.8 Å². The van der Waals surface area contributed by atoms with E-state index >= 15 is 0 Å². The Morgan fingerprint density at radius 3 is 2.81 bits per heavy atom. The molecule has 1 aliphatic rings. The summed E-state index contributed by atoms with van der Waals surface area (Å²) in [6.07, 6.45) is 5.60. The third kappa shape index (κ3) is 1.94. The van der Waals surface area contributed by atoms with Crippen LogP contribution in [0.25, 0.3) is 0 Å². The molecule has 0 saturated carbocycles. The second-order valence-electron chi connectivity index (χ2n) is 3.37. The Morgan fingerprint density at radius 1 is 1.31 bits per heavy atom. The molecule has 0 saturated heterocycles. The van der Waals surface area contributed by atoms with Gasteiger partial charge in [-0.1, -0.05) is 12.1 Å². The topological polar surface area (TPSA) is 42.3 Å². The Hall–Kier alpha value is -1.75. The Kier molecular flexibility index (Phi) is 2.96. The van der Waals surface area contributed by atoms with Crippen LogP contribution in [0, 0.1) is 0 Å². The standard InChI is InChI=1S/C11H10N2O2S/c14-9-5-1-3-7-12(9)11(16)13-8-4-2-6-10(13)15/h1-3,5-7H,4,8H2. The molecule has 1 aromatic rings. The minimum atomic E-state index is -0.227. The van der Waals surface area contributed by atoms with E-state index in [0.717, 1.165) is 6.42 Å². The van der Waals surface area contributed by atoms with E-state index in [0.29, 0.717) is 6.54 Å². The van der Waals surface area contributed by atoms with E-state index in [9.17, 15) is 9.59 Å². The highest BCUT2D eigenvalue weighted by Gasteiger charge is 2.19. The monoisotopic (exact) mass is 234 g/mol. The Balaban J connectivity index is 2.33. The zero-order valence-corrected chi connectivity index (χ0v) is 9.31. The number of carbonyl (C=O) groups is 1. The first-order chi connectivity index (χ1) is 7.70. The van der Waals surface area contributed by atoms with Crippen molar-refractivity contribution in [1.29, 1.82) is 0 Å². The Morgan fingerprint density at radius 2 is 2.12 bits per heavy atom. The van der Waals surface area contributed by atoms with Crippen molar-refractivity contribution in [3.05, 3.63) is 46.9 Å². The molecule has 0 N–H and O–H groups in total. The predicted molar refractivity (Wildman–Crippen MR) is 64.2 cm³/mol. The molecule has 5 heteroatoms. The van der Waals surface area contributed by atoms with Gasteiger partial charge in [-0.15, -0.1) is 0 Å². The lowest BCUT2D eigenvalue weighted by Crippen LogP contribution is -2.43. The number of hydrogen-bond donors (Lipinski definition) is 0.